The van der Waals surface area contributed by atoms with Gasteiger partial charge >= 0.3 is 0 Å². The smallest absolute Gasteiger partial charge is 0.243 e. The third kappa shape index (κ3) is 7.44. The molecule has 5 rings (SSSR count). The number of methoxy groups -OCH3 is 2. The van der Waals surface area contributed by atoms with Crippen molar-refractivity contribution in [3.05, 3.63) is 118 Å². The molecule has 0 spiro atoms. The summed E-state index contributed by atoms with van der Waals surface area (Å²) < 4.78 is 40.8. The van der Waals surface area contributed by atoms with Crippen molar-refractivity contribution in [3.8, 4) is 11.5 Å². The molecule has 0 N–H and O–H groups in total. The van der Waals surface area contributed by atoms with Crippen molar-refractivity contribution < 1.29 is 22.7 Å². The molecule has 1 saturated heterocycles. The zero-order valence-corrected chi connectivity index (χ0v) is 28.4. The first kappa shape index (κ1) is 33.6. The van der Waals surface area contributed by atoms with Gasteiger partial charge in [-0.1, -0.05) is 78.7 Å². The topological polar surface area (TPSA) is 79.4 Å². The molecule has 1 unspecified atom stereocenters. The Labute approximate surface area is 281 Å². The summed E-state index contributed by atoms with van der Waals surface area (Å²) in [4.78, 5) is 18.6. The molecule has 11 heteroatoms. The van der Waals surface area contributed by atoms with E-state index in [4.69, 9.17) is 32.7 Å². The van der Waals surface area contributed by atoms with Crippen LogP contribution in [0.3, 0.4) is 0 Å². The lowest BCUT2D eigenvalue weighted by atomic mass is 10.1. The van der Waals surface area contributed by atoms with E-state index in [0.717, 1.165) is 28.8 Å². The predicted octanol–water partition coefficient (Wildman–Crippen LogP) is 6.68. The number of carbonyl (C=O) groups is 1. The zero-order chi connectivity index (χ0) is 32.8. The summed E-state index contributed by atoms with van der Waals surface area (Å²) in [5.74, 6) is 0.804. The van der Waals surface area contributed by atoms with Crippen LogP contribution in [0.2, 0.25) is 10.0 Å². The Hall–Kier alpha value is -3.76. The second kappa shape index (κ2) is 14.8. The van der Waals surface area contributed by atoms with Gasteiger partial charge in [-0.05, 0) is 47.4 Å². The van der Waals surface area contributed by atoms with Gasteiger partial charge in [0.25, 0.3) is 0 Å². The minimum atomic E-state index is -4.05. The summed E-state index contributed by atoms with van der Waals surface area (Å²) in [6.45, 7) is 2.86. The number of sulfonamides is 1. The number of ether oxygens (including phenoxy) is 2. The van der Waals surface area contributed by atoms with Crippen LogP contribution in [0, 0.1) is 0 Å². The van der Waals surface area contributed by atoms with Crippen molar-refractivity contribution in [1.29, 1.82) is 0 Å². The highest BCUT2D eigenvalue weighted by atomic mass is 35.5. The van der Waals surface area contributed by atoms with E-state index in [1.807, 2.05) is 72.5 Å². The van der Waals surface area contributed by atoms with Crippen LogP contribution >= 0.6 is 23.2 Å². The summed E-state index contributed by atoms with van der Waals surface area (Å²) in [7, 11) is -0.910. The maximum absolute atomic E-state index is 14.8. The number of benzene rings is 4. The monoisotopic (exact) mass is 681 g/mol. The number of hydrogen-bond donors (Lipinski definition) is 0. The molecule has 1 aliphatic heterocycles. The number of carbonyl (C=O) groups excluding carboxylic acids is 1. The van der Waals surface area contributed by atoms with Gasteiger partial charge in [-0.3, -0.25) is 4.79 Å². The molecule has 0 bridgehead atoms. The molecular formula is C35H37Cl2N3O5S. The first-order chi connectivity index (χ1) is 22.1. The van der Waals surface area contributed by atoms with Crippen LogP contribution < -0.4 is 14.4 Å². The highest BCUT2D eigenvalue weighted by molar-refractivity contribution is 7.89. The molecule has 0 aromatic heterocycles. The minimum absolute atomic E-state index is 0.0832. The number of rotatable bonds is 11. The first-order valence-electron chi connectivity index (χ1n) is 15.0. The number of halogens is 2. The van der Waals surface area contributed by atoms with Crippen LogP contribution in [0.1, 0.15) is 23.6 Å². The molecule has 0 saturated carbocycles. The summed E-state index contributed by atoms with van der Waals surface area (Å²) >= 11 is 13.1. The van der Waals surface area contributed by atoms with Gasteiger partial charge in [0.05, 0.1) is 19.1 Å². The van der Waals surface area contributed by atoms with E-state index in [2.05, 4.69) is 0 Å². The Morgan fingerprint density at radius 2 is 1.37 bits per heavy atom. The second-order valence-corrected chi connectivity index (χ2v) is 13.7. The van der Waals surface area contributed by atoms with Gasteiger partial charge in [0.2, 0.25) is 15.9 Å². The van der Waals surface area contributed by atoms with Gasteiger partial charge in [-0.15, -0.1) is 0 Å². The van der Waals surface area contributed by atoms with Crippen LogP contribution in [0.25, 0.3) is 0 Å². The molecule has 0 aliphatic carbocycles. The molecule has 1 heterocycles. The predicted molar refractivity (Wildman–Crippen MR) is 182 cm³/mol. The van der Waals surface area contributed by atoms with E-state index < -0.39 is 16.1 Å². The van der Waals surface area contributed by atoms with Gasteiger partial charge in [0, 0.05) is 66.7 Å². The molecule has 242 valence electrons. The number of aryl methyl sites for hydroxylation is 1. The normalized spacial score (nSPS) is 15.4. The molecule has 8 nitrogen and oxygen atoms in total. The van der Waals surface area contributed by atoms with E-state index in [1.165, 1.54) is 4.31 Å². The number of anilines is 1. The Balaban J connectivity index is 1.57. The van der Waals surface area contributed by atoms with Crippen molar-refractivity contribution in [2.75, 3.05) is 38.8 Å². The van der Waals surface area contributed by atoms with Gasteiger partial charge in [0.15, 0.2) is 0 Å². The molecule has 1 fully saturated rings. The lowest BCUT2D eigenvalue weighted by Gasteiger charge is -2.42. The Bertz CT molecular complexity index is 1720. The van der Waals surface area contributed by atoms with E-state index in [0.29, 0.717) is 28.1 Å². The second-order valence-electron chi connectivity index (χ2n) is 11.0. The fourth-order valence-electron chi connectivity index (χ4n) is 5.58. The van der Waals surface area contributed by atoms with Crippen LogP contribution in [-0.4, -0.2) is 63.4 Å². The highest BCUT2D eigenvalue weighted by Gasteiger charge is 2.42. The number of nitrogens with zero attached hydrogens (tertiary/aromatic N) is 3. The third-order valence-electron chi connectivity index (χ3n) is 8.21. The van der Waals surface area contributed by atoms with Crippen molar-refractivity contribution in [2.24, 2.45) is 0 Å². The minimum Gasteiger partial charge on any atom is -0.497 e. The summed E-state index contributed by atoms with van der Waals surface area (Å²) in [5, 5.41) is 1.02. The van der Waals surface area contributed by atoms with Crippen LogP contribution in [-0.2, 0) is 34.3 Å². The van der Waals surface area contributed by atoms with Gasteiger partial charge in [-0.25, -0.2) is 8.42 Å². The first-order valence-corrected chi connectivity index (χ1v) is 17.2. The van der Waals surface area contributed by atoms with Gasteiger partial charge < -0.3 is 19.3 Å². The number of piperazine rings is 1. The quantitative estimate of drug-likeness (QED) is 0.176. The van der Waals surface area contributed by atoms with Crippen LogP contribution in [0.4, 0.5) is 5.69 Å². The number of amides is 1. The van der Waals surface area contributed by atoms with E-state index in [-0.39, 0.29) is 37.0 Å². The van der Waals surface area contributed by atoms with Crippen molar-refractivity contribution in [1.82, 2.24) is 9.21 Å². The molecule has 1 aliphatic rings. The lowest BCUT2D eigenvalue weighted by Crippen LogP contribution is -2.61. The third-order valence-corrected chi connectivity index (χ3v) is 10.9. The van der Waals surface area contributed by atoms with E-state index in [9.17, 15) is 13.2 Å². The van der Waals surface area contributed by atoms with Crippen molar-refractivity contribution in [3.63, 3.8) is 0 Å². The van der Waals surface area contributed by atoms with Gasteiger partial charge in [-0.2, -0.15) is 4.31 Å². The zero-order valence-electron chi connectivity index (χ0n) is 26.0. The highest BCUT2D eigenvalue weighted by Crippen LogP contribution is 2.32. The lowest BCUT2D eigenvalue weighted by molar-refractivity contribution is -0.136. The van der Waals surface area contributed by atoms with E-state index in [1.54, 1.807) is 49.5 Å². The van der Waals surface area contributed by atoms with Gasteiger partial charge in [0.1, 0.15) is 17.5 Å². The fraction of sp³-hybridized carbons (Fsp3) is 0.286. The number of hydrogen-bond acceptors (Lipinski definition) is 6. The molecule has 1 atom stereocenters. The fourth-order valence-corrected chi connectivity index (χ4v) is 7.54. The molecular weight excluding hydrogens is 645 g/mol. The Morgan fingerprint density at radius 3 is 1.87 bits per heavy atom. The Kier molecular flexibility index (Phi) is 10.8. The van der Waals surface area contributed by atoms with Crippen molar-refractivity contribution in [2.45, 2.75) is 37.4 Å². The summed E-state index contributed by atoms with van der Waals surface area (Å²) in [6, 6.07) is 25.9. The molecule has 0 radical (unpaired) electrons. The van der Waals surface area contributed by atoms with E-state index >= 15 is 0 Å². The molecule has 4 aromatic rings. The van der Waals surface area contributed by atoms with Crippen molar-refractivity contribution >= 4 is 44.8 Å². The maximum atomic E-state index is 14.8. The summed E-state index contributed by atoms with van der Waals surface area (Å²) in [6.07, 6.45) is 0.781. The SMILES string of the molecule is CCc1ccc(S(=O)(=O)N2CCN(c3cc(OC)cc(OC)c3)CC2C(=O)N(Cc2ccccc2Cl)Cc2ccccc2Cl)cc1. The largest absolute Gasteiger partial charge is 0.497 e. The summed E-state index contributed by atoms with van der Waals surface area (Å²) in [5.41, 5.74) is 3.25. The average Bonchev–Trinajstić information content (AvgIpc) is 3.08. The molecule has 4 aromatic carbocycles. The van der Waals surface area contributed by atoms with Crippen LogP contribution in [0.15, 0.2) is 95.9 Å². The maximum Gasteiger partial charge on any atom is 0.243 e. The standard InChI is InChI=1S/C35H37Cl2N3O5S/c1-4-25-13-15-31(16-14-25)46(42,43)40-18-17-38(28-19-29(44-2)21-30(20-28)45-3)24-34(40)35(41)39(22-26-9-5-7-11-32(26)36)23-27-10-6-8-12-33(27)37/h5-16,19-21,34H,4,17-18,22-24H2,1-3H3. The molecule has 46 heavy (non-hydrogen) atoms. The molecule has 1 amide bonds. The Morgan fingerprint density at radius 1 is 0.826 bits per heavy atom. The van der Waals surface area contributed by atoms with Crippen LogP contribution in [0.5, 0.6) is 11.5 Å². The average molecular weight is 683 g/mol.